The molecule has 0 saturated carbocycles. The number of anilines is 1. The lowest BCUT2D eigenvalue weighted by Gasteiger charge is -2.05. The highest BCUT2D eigenvalue weighted by Crippen LogP contribution is 2.16. The second kappa shape index (κ2) is 7.28. The first-order chi connectivity index (χ1) is 10.9. The largest absolute Gasteiger partial charge is 0.323 e. The summed E-state index contributed by atoms with van der Waals surface area (Å²) >= 11 is 5.97. The highest BCUT2D eigenvalue weighted by molar-refractivity contribution is 7.85. The van der Waals surface area contributed by atoms with Crippen LogP contribution in [-0.2, 0) is 10.1 Å². The number of nitrogens with one attached hydrogen (secondary N) is 2. The van der Waals surface area contributed by atoms with E-state index in [0.717, 1.165) is 5.56 Å². The Morgan fingerprint density at radius 2 is 1.74 bits per heavy atom. The maximum absolute atomic E-state index is 11.7. The standard InChI is InChI=1S/C15H13ClN2O4S/c16-14-4-2-1-3-11(14)9-10-17-15(19)18-12-5-7-13(8-6-12)23(20,21)22/h1-10H,(H2,17,18,19)(H,20,21,22)/b10-9+. The lowest BCUT2D eigenvalue weighted by molar-refractivity contribution is 0.255. The summed E-state index contributed by atoms with van der Waals surface area (Å²) in [6, 6.07) is 11.7. The van der Waals surface area contributed by atoms with Crippen molar-refractivity contribution in [2.45, 2.75) is 4.90 Å². The molecule has 23 heavy (non-hydrogen) atoms. The lowest BCUT2D eigenvalue weighted by Crippen LogP contribution is -2.23. The Hall–Kier alpha value is -2.35. The monoisotopic (exact) mass is 352 g/mol. The van der Waals surface area contributed by atoms with E-state index in [1.807, 2.05) is 6.07 Å². The summed E-state index contributed by atoms with van der Waals surface area (Å²) in [5.74, 6) is 0. The molecule has 6 nitrogen and oxygen atoms in total. The third-order valence-corrected chi connectivity index (χ3v) is 4.00. The van der Waals surface area contributed by atoms with Crippen molar-refractivity contribution >= 4 is 39.5 Å². The van der Waals surface area contributed by atoms with Gasteiger partial charge in [-0.3, -0.25) is 4.55 Å². The molecule has 120 valence electrons. The van der Waals surface area contributed by atoms with Gasteiger partial charge in [0.1, 0.15) is 0 Å². The summed E-state index contributed by atoms with van der Waals surface area (Å²) in [6.07, 6.45) is 3.08. The van der Waals surface area contributed by atoms with Crippen LogP contribution in [0.2, 0.25) is 5.02 Å². The summed E-state index contributed by atoms with van der Waals surface area (Å²) in [5, 5.41) is 5.57. The van der Waals surface area contributed by atoms with Crippen molar-refractivity contribution < 1.29 is 17.8 Å². The minimum Gasteiger partial charge on any atom is -0.314 e. The number of carbonyl (C=O) groups excluding carboxylic acids is 1. The molecule has 0 bridgehead atoms. The third-order valence-electron chi connectivity index (χ3n) is 2.79. The van der Waals surface area contributed by atoms with E-state index in [-0.39, 0.29) is 4.90 Å². The number of hydrogen-bond donors (Lipinski definition) is 3. The van der Waals surface area contributed by atoms with Crippen LogP contribution in [0.25, 0.3) is 6.08 Å². The molecule has 0 aliphatic heterocycles. The second-order valence-electron chi connectivity index (χ2n) is 4.45. The van der Waals surface area contributed by atoms with Crippen LogP contribution in [0.3, 0.4) is 0 Å². The zero-order chi connectivity index (χ0) is 16.9. The highest BCUT2D eigenvalue weighted by atomic mass is 35.5. The molecule has 0 heterocycles. The number of hydrogen-bond acceptors (Lipinski definition) is 3. The molecule has 3 N–H and O–H groups in total. The zero-order valence-corrected chi connectivity index (χ0v) is 13.3. The van der Waals surface area contributed by atoms with E-state index in [0.29, 0.717) is 10.7 Å². The van der Waals surface area contributed by atoms with Crippen molar-refractivity contribution in [2.24, 2.45) is 0 Å². The number of amides is 2. The summed E-state index contributed by atoms with van der Waals surface area (Å²) in [7, 11) is -4.25. The van der Waals surface area contributed by atoms with Gasteiger partial charge in [0.15, 0.2) is 0 Å². The Morgan fingerprint density at radius 3 is 2.35 bits per heavy atom. The Bertz CT molecular complexity index is 833. The fourth-order valence-electron chi connectivity index (χ4n) is 1.69. The molecule has 0 aromatic heterocycles. The first-order valence-corrected chi connectivity index (χ1v) is 8.24. The van der Waals surface area contributed by atoms with E-state index in [4.69, 9.17) is 16.2 Å². The third kappa shape index (κ3) is 5.10. The van der Waals surface area contributed by atoms with Crippen LogP contribution in [0.1, 0.15) is 5.56 Å². The van der Waals surface area contributed by atoms with Gasteiger partial charge in [0.2, 0.25) is 0 Å². The molecular formula is C15H13ClN2O4S. The smallest absolute Gasteiger partial charge is 0.314 e. The fourth-order valence-corrected chi connectivity index (χ4v) is 2.37. The van der Waals surface area contributed by atoms with Gasteiger partial charge in [0, 0.05) is 16.9 Å². The van der Waals surface area contributed by atoms with E-state index in [1.54, 1.807) is 24.3 Å². The van der Waals surface area contributed by atoms with E-state index < -0.39 is 16.1 Å². The van der Waals surface area contributed by atoms with E-state index in [9.17, 15) is 13.2 Å². The molecule has 0 atom stereocenters. The predicted molar refractivity (Wildman–Crippen MR) is 88.9 cm³/mol. The van der Waals surface area contributed by atoms with Gasteiger partial charge in [-0.25, -0.2) is 4.79 Å². The van der Waals surface area contributed by atoms with Gasteiger partial charge in [0.25, 0.3) is 10.1 Å². The topological polar surface area (TPSA) is 95.5 Å². The van der Waals surface area contributed by atoms with E-state index >= 15 is 0 Å². The molecule has 8 heteroatoms. The average molecular weight is 353 g/mol. The summed E-state index contributed by atoms with van der Waals surface area (Å²) < 4.78 is 30.7. The molecule has 0 aliphatic rings. The number of urea groups is 1. The normalized spacial score (nSPS) is 11.4. The van der Waals surface area contributed by atoms with Gasteiger partial charge < -0.3 is 10.6 Å². The van der Waals surface area contributed by atoms with Crippen LogP contribution < -0.4 is 10.6 Å². The van der Waals surface area contributed by atoms with Gasteiger partial charge in [0.05, 0.1) is 4.90 Å². The minimum atomic E-state index is -4.25. The lowest BCUT2D eigenvalue weighted by atomic mass is 10.2. The quantitative estimate of drug-likeness (QED) is 0.735. The molecule has 0 unspecified atom stereocenters. The molecule has 0 radical (unpaired) electrons. The molecule has 0 fully saturated rings. The van der Waals surface area contributed by atoms with Crippen LogP contribution in [0.4, 0.5) is 10.5 Å². The van der Waals surface area contributed by atoms with Crippen molar-refractivity contribution in [2.75, 3.05) is 5.32 Å². The number of rotatable bonds is 4. The van der Waals surface area contributed by atoms with Crippen molar-refractivity contribution in [1.82, 2.24) is 5.32 Å². The van der Waals surface area contributed by atoms with Gasteiger partial charge in [-0.05, 0) is 42.0 Å². The predicted octanol–water partition coefficient (Wildman–Crippen LogP) is 3.38. The zero-order valence-electron chi connectivity index (χ0n) is 11.7. The minimum absolute atomic E-state index is 0.248. The Morgan fingerprint density at radius 1 is 1.09 bits per heavy atom. The first kappa shape index (κ1) is 17.0. The van der Waals surface area contributed by atoms with Crippen LogP contribution in [0, 0.1) is 0 Å². The maximum Gasteiger partial charge on any atom is 0.323 e. The van der Waals surface area contributed by atoms with Crippen molar-refractivity contribution in [3.05, 3.63) is 65.3 Å². The molecule has 0 aliphatic carbocycles. The Labute approximate surface area is 138 Å². The SMILES string of the molecule is O=C(N/C=C/c1ccccc1Cl)Nc1ccc(S(=O)(=O)O)cc1. The first-order valence-electron chi connectivity index (χ1n) is 6.42. The summed E-state index contributed by atoms with van der Waals surface area (Å²) in [5.41, 5.74) is 1.13. The number of halogens is 1. The molecule has 2 amide bonds. The van der Waals surface area contributed by atoms with Gasteiger partial charge >= 0.3 is 6.03 Å². The van der Waals surface area contributed by atoms with Crippen LogP contribution >= 0.6 is 11.6 Å². The van der Waals surface area contributed by atoms with E-state index in [2.05, 4.69) is 10.6 Å². The molecule has 2 aromatic rings. The van der Waals surface area contributed by atoms with Gasteiger partial charge in [-0.1, -0.05) is 29.8 Å². The number of carbonyl (C=O) groups is 1. The van der Waals surface area contributed by atoms with Crippen molar-refractivity contribution in [3.8, 4) is 0 Å². The van der Waals surface area contributed by atoms with Gasteiger partial charge in [-0.2, -0.15) is 8.42 Å². The van der Waals surface area contributed by atoms with Crippen LogP contribution in [-0.4, -0.2) is 19.0 Å². The average Bonchev–Trinajstić information content (AvgIpc) is 2.49. The Kier molecular flexibility index (Phi) is 5.38. The van der Waals surface area contributed by atoms with Crippen molar-refractivity contribution in [1.29, 1.82) is 0 Å². The van der Waals surface area contributed by atoms with Gasteiger partial charge in [-0.15, -0.1) is 0 Å². The summed E-state index contributed by atoms with van der Waals surface area (Å²) in [4.78, 5) is 11.4. The fraction of sp³-hybridized carbons (Fsp3) is 0. The second-order valence-corrected chi connectivity index (χ2v) is 6.28. The van der Waals surface area contributed by atoms with Crippen LogP contribution in [0.5, 0.6) is 0 Å². The molecular weight excluding hydrogens is 340 g/mol. The van der Waals surface area contributed by atoms with Crippen LogP contribution in [0.15, 0.2) is 59.6 Å². The number of benzene rings is 2. The Balaban J connectivity index is 1.94. The van der Waals surface area contributed by atoms with E-state index in [1.165, 1.54) is 30.5 Å². The maximum atomic E-state index is 11.7. The highest BCUT2D eigenvalue weighted by Gasteiger charge is 2.08. The molecule has 0 saturated heterocycles. The molecule has 2 aromatic carbocycles. The molecule has 2 rings (SSSR count). The summed E-state index contributed by atoms with van der Waals surface area (Å²) in [6.45, 7) is 0. The van der Waals surface area contributed by atoms with Crippen molar-refractivity contribution in [3.63, 3.8) is 0 Å². The molecule has 0 spiro atoms.